The molecule has 0 aromatic carbocycles. The van der Waals surface area contributed by atoms with Crippen molar-refractivity contribution in [2.24, 2.45) is 5.73 Å². The van der Waals surface area contributed by atoms with Crippen molar-refractivity contribution in [1.29, 1.82) is 0 Å². The first-order chi connectivity index (χ1) is 8.25. The molecule has 1 saturated heterocycles. The highest BCUT2D eigenvalue weighted by Crippen LogP contribution is 2.36. The first-order valence-electron chi connectivity index (χ1n) is 6.25. The number of nitrogens with two attached hydrogens (primary N) is 1. The van der Waals surface area contributed by atoms with E-state index in [2.05, 4.69) is 10.3 Å². The minimum Gasteiger partial charge on any atom is -0.322 e. The van der Waals surface area contributed by atoms with E-state index in [0.29, 0.717) is 5.92 Å². The Balaban J connectivity index is 2.05. The standard InChI is InChI=1S/C12H18N4S/c1-7(13)11-15-10(8-2-4-14-6-8)9-3-5-17-12(9)16-11/h7-8,14H,2-6,13H2,1H3. The summed E-state index contributed by atoms with van der Waals surface area (Å²) in [6.07, 6.45) is 2.30. The van der Waals surface area contributed by atoms with Crippen LogP contribution in [0, 0.1) is 0 Å². The van der Waals surface area contributed by atoms with Crippen molar-refractivity contribution in [3.05, 3.63) is 17.1 Å². The molecule has 0 aliphatic carbocycles. The highest BCUT2D eigenvalue weighted by molar-refractivity contribution is 7.99. The monoisotopic (exact) mass is 250 g/mol. The van der Waals surface area contributed by atoms with Crippen molar-refractivity contribution < 1.29 is 0 Å². The Hall–Kier alpha value is -0.650. The van der Waals surface area contributed by atoms with Crippen LogP contribution >= 0.6 is 11.8 Å². The van der Waals surface area contributed by atoms with E-state index < -0.39 is 0 Å². The van der Waals surface area contributed by atoms with Gasteiger partial charge in [0.25, 0.3) is 0 Å². The molecule has 1 aromatic rings. The highest BCUT2D eigenvalue weighted by atomic mass is 32.2. The quantitative estimate of drug-likeness (QED) is 0.773. The van der Waals surface area contributed by atoms with Crippen LogP contribution in [0.25, 0.3) is 0 Å². The van der Waals surface area contributed by atoms with Crippen LogP contribution < -0.4 is 11.1 Å². The second-order valence-electron chi connectivity index (χ2n) is 4.83. The van der Waals surface area contributed by atoms with Crippen molar-refractivity contribution in [3.63, 3.8) is 0 Å². The summed E-state index contributed by atoms with van der Waals surface area (Å²) in [6, 6.07) is -0.0744. The maximum atomic E-state index is 5.93. The number of thioether (sulfide) groups is 1. The number of aromatic nitrogens is 2. The van der Waals surface area contributed by atoms with Crippen molar-refractivity contribution in [2.45, 2.75) is 36.8 Å². The van der Waals surface area contributed by atoms with Crippen molar-refractivity contribution in [2.75, 3.05) is 18.8 Å². The molecule has 0 radical (unpaired) electrons. The molecule has 0 bridgehead atoms. The maximum absolute atomic E-state index is 5.93. The van der Waals surface area contributed by atoms with Gasteiger partial charge in [-0.05, 0) is 26.3 Å². The van der Waals surface area contributed by atoms with Crippen LogP contribution in [0.3, 0.4) is 0 Å². The van der Waals surface area contributed by atoms with Crippen LogP contribution in [0.5, 0.6) is 0 Å². The summed E-state index contributed by atoms with van der Waals surface area (Å²) in [5.41, 5.74) is 8.57. The van der Waals surface area contributed by atoms with E-state index in [1.165, 1.54) is 22.7 Å². The van der Waals surface area contributed by atoms with E-state index in [1.54, 1.807) is 0 Å². The molecule has 2 aliphatic heterocycles. The Morgan fingerprint density at radius 1 is 1.47 bits per heavy atom. The Kier molecular flexibility index (Phi) is 3.06. The van der Waals surface area contributed by atoms with Crippen LogP contribution in [0.4, 0.5) is 0 Å². The second-order valence-corrected chi connectivity index (χ2v) is 5.91. The van der Waals surface area contributed by atoms with Crippen molar-refractivity contribution in [1.82, 2.24) is 15.3 Å². The average molecular weight is 250 g/mol. The Labute approximate surface area is 106 Å². The van der Waals surface area contributed by atoms with E-state index >= 15 is 0 Å². The molecule has 17 heavy (non-hydrogen) atoms. The molecule has 0 saturated carbocycles. The predicted octanol–water partition coefficient (Wildman–Crippen LogP) is 1.22. The minimum absolute atomic E-state index is 0.0744. The summed E-state index contributed by atoms with van der Waals surface area (Å²) in [4.78, 5) is 9.33. The number of rotatable bonds is 2. The second kappa shape index (κ2) is 4.55. The number of fused-ring (bicyclic) bond motifs is 1. The van der Waals surface area contributed by atoms with E-state index in [1.807, 2.05) is 18.7 Å². The van der Waals surface area contributed by atoms with Gasteiger partial charge in [0.15, 0.2) is 0 Å². The molecule has 0 amide bonds. The first kappa shape index (κ1) is 11.4. The van der Waals surface area contributed by atoms with E-state index in [9.17, 15) is 0 Å². The number of hydrogen-bond acceptors (Lipinski definition) is 5. The zero-order valence-electron chi connectivity index (χ0n) is 10.1. The lowest BCUT2D eigenvalue weighted by Gasteiger charge is -2.15. The summed E-state index contributed by atoms with van der Waals surface area (Å²) in [5, 5.41) is 4.59. The van der Waals surface area contributed by atoms with E-state index in [4.69, 9.17) is 10.7 Å². The van der Waals surface area contributed by atoms with Crippen LogP contribution in [0.1, 0.15) is 42.4 Å². The van der Waals surface area contributed by atoms with E-state index in [0.717, 1.165) is 31.1 Å². The molecule has 2 atom stereocenters. The molecule has 1 aromatic heterocycles. The van der Waals surface area contributed by atoms with Gasteiger partial charge in [0.05, 0.1) is 11.7 Å². The molecule has 1 fully saturated rings. The van der Waals surface area contributed by atoms with Gasteiger partial charge in [-0.15, -0.1) is 11.8 Å². The maximum Gasteiger partial charge on any atom is 0.146 e. The largest absolute Gasteiger partial charge is 0.322 e. The fourth-order valence-corrected chi connectivity index (χ4v) is 3.57. The van der Waals surface area contributed by atoms with Gasteiger partial charge < -0.3 is 11.1 Å². The summed E-state index contributed by atoms with van der Waals surface area (Å²) in [5.74, 6) is 2.50. The third-order valence-corrected chi connectivity index (χ3v) is 4.48. The molecule has 2 aliphatic rings. The lowest BCUT2D eigenvalue weighted by Crippen LogP contribution is -2.16. The summed E-state index contributed by atoms with van der Waals surface area (Å²) in [7, 11) is 0. The van der Waals surface area contributed by atoms with Gasteiger partial charge in [-0.2, -0.15) is 0 Å². The normalized spacial score (nSPS) is 24.9. The summed E-state index contributed by atoms with van der Waals surface area (Å²) in [6.45, 7) is 4.11. The van der Waals surface area contributed by atoms with Gasteiger partial charge in [0, 0.05) is 23.8 Å². The van der Waals surface area contributed by atoms with Gasteiger partial charge in [-0.25, -0.2) is 9.97 Å². The molecule has 3 heterocycles. The zero-order valence-corrected chi connectivity index (χ0v) is 10.9. The smallest absolute Gasteiger partial charge is 0.146 e. The first-order valence-corrected chi connectivity index (χ1v) is 7.24. The molecule has 92 valence electrons. The third-order valence-electron chi connectivity index (χ3n) is 3.46. The molecule has 4 nitrogen and oxygen atoms in total. The highest BCUT2D eigenvalue weighted by Gasteiger charge is 2.27. The van der Waals surface area contributed by atoms with Gasteiger partial charge >= 0.3 is 0 Å². The molecule has 0 spiro atoms. The number of hydrogen-bond donors (Lipinski definition) is 2. The van der Waals surface area contributed by atoms with E-state index in [-0.39, 0.29) is 6.04 Å². The van der Waals surface area contributed by atoms with Crippen LogP contribution in [-0.2, 0) is 6.42 Å². The SMILES string of the molecule is CC(N)c1nc2c(c(C3CCNC3)n1)CCS2. The molecule has 5 heteroatoms. The minimum atomic E-state index is -0.0744. The Bertz CT molecular complexity index is 427. The van der Waals surface area contributed by atoms with Gasteiger partial charge in [0.1, 0.15) is 10.9 Å². The number of nitrogens with zero attached hydrogens (tertiary/aromatic N) is 2. The van der Waals surface area contributed by atoms with Crippen LogP contribution in [0.2, 0.25) is 0 Å². The number of nitrogens with one attached hydrogen (secondary N) is 1. The fraction of sp³-hybridized carbons (Fsp3) is 0.667. The fourth-order valence-electron chi connectivity index (χ4n) is 2.53. The summed E-state index contributed by atoms with van der Waals surface area (Å²) >= 11 is 1.85. The molecule has 2 unspecified atom stereocenters. The zero-order chi connectivity index (χ0) is 11.8. The topological polar surface area (TPSA) is 63.8 Å². The molecule has 3 rings (SSSR count). The molecular weight excluding hydrogens is 232 g/mol. The lowest BCUT2D eigenvalue weighted by atomic mass is 9.99. The van der Waals surface area contributed by atoms with Gasteiger partial charge in [-0.3, -0.25) is 0 Å². The third kappa shape index (κ3) is 2.07. The van der Waals surface area contributed by atoms with Crippen LogP contribution in [-0.4, -0.2) is 28.8 Å². The van der Waals surface area contributed by atoms with Crippen molar-refractivity contribution in [3.8, 4) is 0 Å². The molecule has 3 N–H and O–H groups in total. The van der Waals surface area contributed by atoms with Gasteiger partial charge in [0.2, 0.25) is 0 Å². The van der Waals surface area contributed by atoms with Crippen LogP contribution in [0.15, 0.2) is 5.03 Å². The average Bonchev–Trinajstić information content (AvgIpc) is 2.98. The molecular formula is C12H18N4S. The van der Waals surface area contributed by atoms with Gasteiger partial charge in [-0.1, -0.05) is 0 Å². The lowest BCUT2D eigenvalue weighted by molar-refractivity contribution is 0.656. The summed E-state index contributed by atoms with van der Waals surface area (Å²) < 4.78 is 0. The van der Waals surface area contributed by atoms with Crippen molar-refractivity contribution >= 4 is 11.8 Å². The Morgan fingerprint density at radius 2 is 2.35 bits per heavy atom. The predicted molar refractivity (Wildman–Crippen MR) is 69.3 cm³/mol. The Morgan fingerprint density at radius 3 is 3.06 bits per heavy atom.